The van der Waals surface area contributed by atoms with Gasteiger partial charge in [0.15, 0.2) is 0 Å². The van der Waals surface area contributed by atoms with Gasteiger partial charge in [-0.05, 0) is 32.9 Å². The molecule has 0 bridgehead atoms. The second-order valence-corrected chi connectivity index (χ2v) is 6.38. The van der Waals surface area contributed by atoms with Crippen LogP contribution in [-0.2, 0) is 0 Å². The molecule has 2 heterocycles. The van der Waals surface area contributed by atoms with E-state index < -0.39 is 0 Å². The molecule has 0 spiro atoms. The predicted octanol–water partition coefficient (Wildman–Crippen LogP) is 3.53. The third-order valence-electron chi connectivity index (χ3n) is 3.28. The molecule has 0 saturated heterocycles. The predicted molar refractivity (Wildman–Crippen MR) is 87.8 cm³/mol. The highest BCUT2D eigenvalue weighted by Crippen LogP contribution is 2.19. The van der Waals surface area contributed by atoms with Crippen molar-refractivity contribution in [2.24, 2.45) is 0 Å². The summed E-state index contributed by atoms with van der Waals surface area (Å²) in [4.78, 5) is 16.8. The summed E-state index contributed by atoms with van der Waals surface area (Å²) in [6, 6.07) is 13.6. The van der Waals surface area contributed by atoms with Gasteiger partial charge >= 0.3 is 0 Å². The van der Waals surface area contributed by atoms with E-state index in [9.17, 15) is 4.79 Å². The number of pyridine rings is 1. The molecule has 22 heavy (non-hydrogen) atoms. The van der Waals surface area contributed by atoms with Crippen molar-refractivity contribution in [2.45, 2.75) is 26.3 Å². The van der Waals surface area contributed by atoms with Gasteiger partial charge in [0.2, 0.25) is 0 Å². The van der Waals surface area contributed by atoms with Crippen LogP contribution < -0.4 is 5.32 Å². The van der Waals surface area contributed by atoms with Crippen LogP contribution in [0.15, 0.2) is 54.9 Å². The summed E-state index contributed by atoms with van der Waals surface area (Å²) >= 11 is 0. The highest BCUT2D eigenvalue weighted by molar-refractivity contribution is 5.95. The first-order chi connectivity index (χ1) is 10.4. The average molecular weight is 293 g/mol. The molecule has 112 valence electrons. The number of nitrogens with zero attached hydrogens (tertiary/aromatic N) is 2. The molecule has 3 rings (SSSR count). The molecule has 0 aliphatic carbocycles. The van der Waals surface area contributed by atoms with E-state index in [2.05, 4.69) is 10.3 Å². The smallest absolute Gasteiger partial charge is 0.251 e. The van der Waals surface area contributed by atoms with E-state index >= 15 is 0 Å². The van der Waals surface area contributed by atoms with Crippen LogP contribution in [-0.4, -0.2) is 20.8 Å². The van der Waals surface area contributed by atoms with Crippen LogP contribution in [0.4, 0.5) is 0 Å². The zero-order valence-electron chi connectivity index (χ0n) is 13.0. The number of carbonyl (C=O) groups excluding carboxylic acids is 1. The van der Waals surface area contributed by atoms with E-state index in [-0.39, 0.29) is 11.4 Å². The number of aromatic nitrogens is 2. The number of nitrogens with one attached hydrogen (secondary N) is 1. The highest BCUT2D eigenvalue weighted by atomic mass is 16.1. The Morgan fingerprint density at radius 2 is 1.86 bits per heavy atom. The molecular formula is C18H19N3O. The fraction of sp³-hybridized carbons (Fsp3) is 0.222. The molecule has 0 saturated carbocycles. The summed E-state index contributed by atoms with van der Waals surface area (Å²) < 4.78 is 1.93. The number of hydrogen-bond acceptors (Lipinski definition) is 2. The van der Waals surface area contributed by atoms with Gasteiger partial charge in [-0.2, -0.15) is 0 Å². The lowest BCUT2D eigenvalue weighted by Gasteiger charge is -2.20. The molecule has 4 heteroatoms. The third kappa shape index (κ3) is 3.01. The molecule has 0 fully saturated rings. The normalized spacial score (nSPS) is 11.6. The fourth-order valence-electron chi connectivity index (χ4n) is 2.28. The van der Waals surface area contributed by atoms with Crippen molar-refractivity contribution in [3.8, 4) is 11.3 Å². The van der Waals surface area contributed by atoms with Crippen LogP contribution in [0, 0.1) is 0 Å². The van der Waals surface area contributed by atoms with Crippen molar-refractivity contribution in [3.63, 3.8) is 0 Å². The summed E-state index contributed by atoms with van der Waals surface area (Å²) in [5, 5.41) is 2.96. The maximum atomic E-state index is 12.2. The second kappa shape index (κ2) is 5.30. The minimum absolute atomic E-state index is 0.0840. The van der Waals surface area contributed by atoms with Crippen LogP contribution in [0.3, 0.4) is 0 Å². The van der Waals surface area contributed by atoms with Crippen molar-refractivity contribution in [1.82, 2.24) is 14.7 Å². The van der Waals surface area contributed by atoms with Gasteiger partial charge in [0.1, 0.15) is 5.65 Å². The van der Waals surface area contributed by atoms with Crippen LogP contribution in [0.1, 0.15) is 31.1 Å². The van der Waals surface area contributed by atoms with Gasteiger partial charge in [0.05, 0.1) is 5.69 Å². The molecule has 0 aliphatic rings. The molecule has 4 nitrogen and oxygen atoms in total. The Morgan fingerprint density at radius 3 is 2.55 bits per heavy atom. The largest absolute Gasteiger partial charge is 0.347 e. The molecule has 1 amide bonds. The summed E-state index contributed by atoms with van der Waals surface area (Å²) in [7, 11) is 0. The molecule has 0 aliphatic heterocycles. The van der Waals surface area contributed by atoms with Gasteiger partial charge in [-0.15, -0.1) is 0 Å². The zero-order chi connectivity index (χ0) is 15.7. The second-order valence-electron chi connectivity index (χ2n) is 6.38. The first-order valence-corrected chi connectivity index (χ1v) is 7.29. The summed E-state index contributed by atoms with van der Waals surface area (Å²) in [5.41, 5.74) is 3.09. The van der Waals surface area contributed by atoms with Crippen molar-refractivity contribution in [3.05, 3.63) is 60.4 Å². The molecular weight excluding hydrogens is 274 g/mol. The van der Waals surface area contributed by atoms with Crippen LogP contribution in [0.2, 0.25) is 0 Å². The lowest BCUT2D eigenvalue weighted by Crippen LogP contribution is -2.40. The molecule has 0 radical (unpaired) electrons. The summed E-state index contributed by atoms with van der Waals surface area (Å²) in [5.74, 6) is -0.0840. The van der Waals surface area contributed by atoms with Crippen molar-refractivity contribution in [1.29, 1.82) is 0 Å². The maximum absolute atomic E-state index is 12.2. The van der Waals surface area contributed by atoms with Crippen molar-refractivity contribution in [2.75, 3.05) is 0 Å². The number of carbonyl (C=O) groups is 1. The van der Waals surface area contributed by atoms with E-state index in [0.717, 1.165) is 16.9 Å². The van der Waals surface area contributed by atoms with Gasteiger partial charge in [-0.3, -0.25) is 4.79 Å². The standard InChI is InChI=1S/C18H19N3O/c1-18(2,3)20-17(22)14-9-10-21-12-15(19-16(21)11-14)13-7-5-4-6-8-13/h4-12H,1-3H3,(H,20,22). The van der Waals surface area contributed by atoms with Gasteiger partial charge in [0, 0.05) is 29.1 Å². The Labute approximate surface area is 129 Å². The Balaban J connectivity index is 1.96. The first-order valence-electron chi connectivity index (χ1n) is 7.29. The van der Waals surface area contributed by atoms with Crippen LogP contribution >= 0.6 is 0 Å². The van der Waals surface area contributed by atoms with Crippen LogP contribution in [0.5, 0.6) is 0 Å². The molecule has 0 unspecified atom stereocenters. The maximum Gasteiger partial charge on any atom is 0.251 e. The number of hydrogen-bond donors (Lipinski definition) is 1. The lowest BCUT2D eigenvalue weighted by molar-refractivity contribution is 0.0919. The van der Waals surface area contributed by atoms with E-state index in [1.807, 2.05) is 80.0 Å². The fourth-order valence-corrected chi connectivity index (χ4v) is 2.28. The molecule has 3 aromatic rings. The number of rotatable bonds is 2. The van der Waals surface area contributed by atoms with Crippen LogP contribution in [0.25, 0.3) is 16.9 Å². The SMILES string of the molecule is CC(C)(C)NC(=O)c1ccn2cc(-c3ccccc3)nc2c1. The molecule has 1 N–H and O–H groups in total. The Morgan fingerprint density at radius 1 is 1.14 bits per heavy atom. The zero-order valence-corrected chi connectivity index (χ0v) is 13.0. The van der Waals surface area contributed by atoms with Gasteiger partial charge in [0.25, 0.3) is 5.91 Å². The van der Waals surface area contributed by atoms with E-state index in [0.29, 0.717) is 5.56 Å². The number of benzene rings is 1. The summed E-state index contributed by atoms with van der Waals surface area (Å²) in [6.45, 7) is 5.89. The molecule has 0 atom stereocenters. The Hall–Kier alpha value is -2.62. The number of fused-ring (bicyclic) bond motifs is 1. The lowest BCUT2D eigenvalue weighted by atomic mass is 10.1. The minimum Gasteiger partial charge on any atom is -0.347 e. The van der Waals surface area contributed by atoms with E-state index in [1.54, 1.807) is 0 Å². The van der Waals surface area contributed by atoms with E-state index in [1.165, 1.54) is 0 Å². The highest BCUT2D eigenvalue weighted by Gasteiger charge is 2.16. The average Bonchev–Trinajstić information content (AvgIpc) is 2.89. The Kier molecular flexibility index (Phi) is 3.45. The van der Waals surface area contributed by atoms with Gasteiger partial charge < -0.3 is 9.72 Å². The quantitative estimate of drug-likeness (QED) is 0.785. The van der Waals surface area contributed by atoms with E-state index in [4.69, 9.17) is 0 Å². The topological polar surface area (TPSA) is 46.4 Å². The minimum atomic E-state index is -0.256. The monoisotopic (exact) mass is 293 g/mol. The van der Waals surface area contributed by atoms with Gasteiger partial charge in [-0.1, -0.05) is 30.3 Å². The number of amides is 1. The third-order valence-corrected chi connectivity index (χ3v) is 3.28. The number of imidazole rings is 1. The first kappa shape index (κ1) is 14.3. The molecule has 2 aromatic heterocycles. The Bertz CT molecular complexity index is 813. The molecule has 1 aromatic carbocycles. The summed E-state index contributed by atoms with van der Waals surface area (Å²) in [6.07, 6.45) is 3.84. The van der Waals surface area contributed by atoms with Crippen molar-refractivity contribution < 1.29 is 4.79 Å². The van der Waals surface area contributed by atoms with Gasteiger partial charge in [-0.25, -0.2) is 4.98 Å². The van der Waals surface area contributed by atoms with Crippen molar-refractivity contribution >= 4 is 11.6 Å².